The van der Waals surface area contributed by atoms with Gasteiger partial charge in [-0.05, 0) is 43.9 Å². The molecule has 0 aromatic heterocycles. The first-order valence-electron chi connectivity index (χ1n) is 7.36. The van der Waals surface area contributed by atoms with Crippen molar-refractivity contribution in [1.29, 1.82) is 0 Å². The lowest BCUT2D eigenvalue weighted by atomic mass is 9.92. The molecule has 2 amide bonds. The molecule has 5 heteroatoms. The Labute approximate surface area is 113 Å². The van der Waals surface area contributed by atoms with Crippen LogP contribution < -0.4 is 0 Å². The lowest BCUT2D eigenvalue weighted by molar-refractivity contribution is -0.142. The number of fused-ring (bicyclic) bond motifs is 1. The maximum atomic E-state index is 12.5. The standard InChI is InChI=1S/C14H22N2O3/c1-15(10-5-3-6-10)14(19)16-8-9-4-2-7-11(9)12(16)13(17)18/h9-12H,2-8H2,1H3,(H,17,18). The van der Waals surface area contributed by atoms with Gasteiger partial charge in [-0.3, -0.25) is 0 Å². The number of nitrogens with zero attached hydrogens (tertiary/aromatic N) is 2. The summed E-state index contributed by atoms with van der Waals surface area (Å²) in [6, 6.07) is -0.351. The minimum absolute atomic E-state index is 0.0773. The molecule has 3 atom stereocenters. The van der Waals surface area contributed by atoms with Gasteiger partial charge in [0, 0.05) is 19.6 Å². The van der Waals surface area contributed by atoms with E-state index in [-0.39, 0.29) is 11.9 Å². The molecule has 3 unspecified atom stereocenters. The number of hydrogen-bond acceptors (Lipinski definition) is 2. The number of carbonyl (C=O) groups excluding carboxylic acids is 1. The Bertz CT molecular complexity index is 394. The van der Waals surface area contributed by atoms with E-state index in [4.69, 9.17) is 0 Å². The van der Waals surface area contributed by atoms with Crippen LogP contribution in [0.4, 0.5) is 4.79 Å². The van der Waals surface area contributed by atoms with Crippen molar-refractivity contribution >= 4 is 12.0 Å². The van der Waals surface area contributed by atoms with Crippen LogP contribution in [0.15, 0.2) is 0 Å². The molecule has 106 valence electrons. The Hall–Kier alpha value is -1.26. The van der Waals surface area contributed by atoms with E-state index in [1.807, 2.05) is 7.05 Å². The second-order valence-corrected chi connectivity index (χ2v) is 6.27. The molecule has 0 bridgehead atoms. The molecule has 2 saturated carbocycles. The zero-order valence-corrected chi connectivity index (χ0v) is 11.4. The van der Waals surface area contributed by atoms with Crippen molar-refractivity contribution in [3.05, 3.63) is 0 Å². The molecular weight excluding hydrogens is 244 g/mol. The normalized spacial score (nSPS) is 33.9. The fourth-order valence-corrected chi connectivity index (χ4v) is 3.95. The first kappa shape index (κ1) is 12.8. The smallest absolute Gasteiger partial charge is 0.326 e. The van der Waals surface area contributed by atoms with E-state index in [9.17, 15) is 14.7 Å². The summed E-state index contributed by atoms with van der Waals surface area (Å²) in [6.45, 7) is 0.636. The van der Waals surface area contributed by atoms with Gasteiger partial charge in [-0.15, -0.1) is 0 Å². The third kappa shape index (κ3) is 1.99. The average Bonchev–Trinajstić information content (AvgIpc) is 2.83. The van der Waals surface area contributed by atoms with Gasteiger partial charge in [0.15, 0.2) is 0 Å². The van der Waals surface area contributed by atoms with Crippen LogP contribution in [0, 0.1) is 11.8 Å². The van der Waals surface area contributed by atoms with Crippen molar-refractivity contribution in [3.63, 3.8) is 0 Å². The number of likely N-dealkylation sites (tertiary alicyclic amines) is 1. The third-order valence-corrected chi connectivity index (χ3v) is 5.31. The largest absolute Gasteiger partial charge is 0.480 e. The van der Waals surface area contributed by atoms with E-state index in [1.54, 1.807) is 9.80 Å². The van der Waals surface area contributed by atoms with Crippen LogP contribution >= 0.6 is 0 Å². The lowest BCUT2D eigenvalue weighted by Crippen LogP contribution is -2.52. The van der Waals surface area contributed by atoms with Gasteiger partial charge in [-0.1, -0.05) is 6.42 Å². The van der Waals surface area contributed by atoms with Crippen LogP contribution in [0.5, 0.6) is 0 Å². The molecule has 5 nitrogen and oxygen atoms in total. The summed E-state index contributed by atoms with van der Waals surface area (Å²) in [5, 5.41) is 9.46. The Morgan fingerprint density at radius 1 is 1.16 bits per heavy atom. The monoisotopic (exact) mass is 266 g/mol. The summed E-state index contributed by atoms with van der Waals surface area (Å²) < 4.78 is 0. The van der Waals surface area contributed by atoms with E-state index >= 15 is 0 Å². The van der Waals surface area contributed by atoms with Gasteiger partial charge in [0.05, 0.1) is 0 Å². The number of aliphatic carboxylic acids is 1. The summed E-state index contributed by atoms with van der Waals surface area (Å²) in [6.07, 6.45) is 6.43. The van der Waals surface area contributed by atoms with Gasteiger partial charge in [0.1, 0.15) is 6.04 Å². The summed E-state index contributed by atoms with van der Waals surface area (Å²) in [7, 11) is 1.82. The van der Waals surface area contributed by atoms with E-state index in [1.165, 1.54) is 6.42 Å². The van der Waals surface area contributed by atoms with Crippen molar-refractivity contribution in [1.82, 2.24) is 9.80 Å². The minimum Gasteiger partial charge on any atom is -0.480 e. The molecule has 1 saturated heterocycles. The predicted octanol–water partition coefficient (Wildman–Crippen LogP) is 1.78. The highest BCUT2D eigenvalue weighted by atomic mass is 16.4. The van der Waals surface area contributed by atoms with Gasteiger partial charge in [-0.25, -0.2) is 9.59 Å². The predicted molar refractivity (Wildman–Crippen MR) is 69.8 cm³/mol. The zero-order valence-electron chi connectivity index (χ0n) is 11.4. The second-order valence-electron chi connectivity index (χ2n) is 6.27. The molecule has 3 aliphatic rings. The molecule has 1 N–H and O–H groups in total. The van der Waals surface area contributed by atoms with E-state index < -0.39 is 12.0 Å². The Balaban J connectivity index is 1.75. The van der Waals surface area contributed by atoms with Crippen LogP contribution in [0.3, 0.4) is 0 Å². The van der Waals surface area contributed by atoms with Gasteiger partial charge in [0.25, 0.3) is 0 Å². The quantitative estimate of drug-likeness (QED) is 0.828. The van der Waals surface area contributed by atoms with Gasteiger partial charge in [-0.2, -0.15) is 0 Å². The Kier molecular flexibility index (Phi) is 3.15. The van der Waals surface area contributed by atoms with E-state index in [0.717, 1.165) is 32.1 Å². The van der Waals surface area contributed by atoms with Gasteiger partial charge >= 0.3 is 12.0 Å². The van der Waals surface area contributed by atoms with Crippen LogP contribution in [0.1, 0.15) is 38.5 Å². The first-order chi connectivity index (χ1) is 9.09. The lowest BCUT2D eigenvalue weighted by Gasteiger charge is -2.38. The number of rotatable bonds is 2. The summed E-state index contributed by atoms with van der Waals surface area (Å²) in [4.78, 5) is 27.4. The minimum atomic E-state index is -0.829. The second kappa shape index (κ2) is 4.69. The average molecular weight is 266 g/mol. The van der Waals surface area contributed by atoms with Crippen LogP contribution in [-0.2, 0) is 4.79 Å². The van der Waals surface area contributed by atoms with Gasteiger partial charge < -0.3 is 14.9 Å². The topological polar surface area (TPSA) is 60.9 Å². The number of carboxylic acids is 1. The molecule has 3 rings (SSSR count). The van der Waals surface area contributed by atoms with E-state index in [2.05, 4.69) is 0 Å². The van der Waals surface area contributed by atoms with Crippen molar-refractivity contribution in [2.45, 2.75) is 50.6 Å². The molecule has 19 heavy (non-hydrogen) atoms. The first-order valence-corrected chi connectivity index (χ1v) is 7.36. The van der Waals surface area contributed by atoms with Crippen molar-refractivity contribution in [2.24, 2.45) is 11.8 Å². The Morgan fingerprint density at radius 2 is 1.84 bits per heavy atom. The number of amides is 2. The highest BCUT2D eigenvalue weighted by molar-refractivity contribution is 5.84. The van der Waals surface area contributed by atoms with Crippen molar-refractivity contribution < 1.29 is 14.7 Å². The third-order valence-electron chi connectivity index (χ3n) is 5.31. The summed E-state index contributed by atoms with van der Waals surface area (Å²) in [5.41, 5.74) is 0. The maximum Gasteiger partial charge on any atom is 0.326 e. The highest BCUT2D eigenvalue weighted by Gasteiger charge is 2.50. The molecule has 1 aliphatic heterocycles. The molecule has 2 aliphatic carbocycles. The number of hydrogen-bond donors (Lipinski definition) is 1. The fraction of sp³-hybridized carbons (Fsp3) is 0.857. The van der Waals surface area contributed by atoms with E-state index in [0.29, 0.717) is 18.5 Å². The summed E-state index contributed by atoms with van der Waals surface area (Å²) in [5.74, 6) is -0.249. The molecule has 0 aromatic rings. The molecule has 0 radical (unpaired) electrons. The molecule has 0 spiro atoms. The Morgan fingerprint density at radius 3 is 2.42 bits per heavy atom. The number of carbonyl (C=O) groups is 2. The molecule has 1 heterocycles. The van der Waals surface area contributed by atoms with Crippen LogP contribution in [0.2, 0.25) is 0 Å². The maximum absolute atomic E-state index is 12.5. The van der Waals surface area contributed by atoms with Crippen LogP contribution in [0.25, 0.3) is 0 Å². The van der Waals surface area contributed by atoms with Gasteiger partial charge in [0.2, 0.25) is 0 Å². The number of carboxylic acid groups (broad SMARTS) is 1. The number of urea groups is 1. The molecular formula is C14H22N2O3. The fourth-order valence-electron chi connectivity index (χ4n) is 3.95. The highest BCUT2D eigenvalue weighted by Crippen LogP contribution is 2.42. The molecule has 3 fully saturated rings. The molecule has 0 aromatic carbocycles. The summed E-state index contributed by atoms with van der Waals surface area (Å²) >= 11 is 0. The SMILES string of the molecule is CN(C(=O)N1CC2CCCC2C1C(=O)O)C1CCC1. The van der Waals surface area contributed by atoms with Crippen molar-refractivity contribution in [2.75, 3.05) is 13.6 Å². The zero-order chi connectivity index (χ0) is 13.6. The van der Waals surface area contributed by atoms with Crippen LogP contribution in [-0.4, -0.2) is 52.6 Å². The van der Waals surface area contributed by atoms with Crippen molar-refractivity contribution in [3.8, 4) is 0 Å².